The van der Waals surface area contributed by atoms with Crippen molar-refractivity contribution >= 4 is 21.7 Å². The van der Waals surface area contributed by atoms with Crippen molar-refractivity contribution in [2.75, 3.05) is 0 Å². The summed E-state index contributed by atoms with van der Waals surface area (Å²) >= 11 is 0. The fourth-order valence-electron chi connectivity index (χ4n) is 2.20. The Kier molecular flexibility index (Phi) is 2.50. The number of aromatic hydroxyl groups is 1. The van der Waals surface area contributed by atoms with Crippen molar-refractivity contribution in [1.29, 1.82) is 0 Å². The molecule has 1 heterocycles. The molecule has 2 aromatic carbocycles. The van der Waals surface area contributed by atoms with Gasteiger partial charge in [-0.05, 0) is 29.0 Å². The molecule has 20 heavy (non-hydrogen) atoms. The number of hydrogen-bond donors (Lipinski definition) is 1. The minimum atomic E-state index is -4.69. The van der Waals surface area contributed by atoms with Crippen LogP contribution in [0.5, 0.6) is 5.75 Å². The van der Waals surface area contributed by atoms with Gasteiger partial charge in [-0.25, -0.2) is 4.79 Å². The summed E-state index contributed by atoms with van der Waals surface area (Å²) in [7, 11) is 0. The number of phenolic OH excluding ortho intramolecular Hbond substituents is 1. The second kappa shape index (κ2) is 4.00. The molecule has 0 saturated heterocycles. The molecular formula is C14H7F3O3. The zero-order valence-corrected chi connectivity index (χ0v) is 9.86. The highest BCUT2D eigenvalue weighted by Crippen LogP contribution is 2.38. The van der Waals surface area contributed by atoms with Crippen LogP contribution in [0.25, 0.3) is 21.7 Å². The molecule has 0 aliphatic carbocycles. The second-order valence-corrected chi connectivity index (χ2v) is 4.32. The number of benzene rings is 2. The average molecular weight is 280 g/mol. The molecule has 3 rings (SSSR count). The predicted molar refractivity (Wildman–Crippen MR) is 66.7 cm³/mol. The van der Waals surface area contributed by atoms with Crippen molar-refractivity contribution in [3.63, 3.8) is 0 Å². The van der Waals surface area contributed by atoms with Crippen molar-refractivity contribution < 1.29 is 22.7 Å². The van der Waals surface area contributed by atoms with Crippen molar-refractivity contribution in [3.05, 3.63) is 52.4 Å². The van der Waals surface area contributed by atoms with E-state index < -0.39 is 17.4 Å². The Hall–Kier alpha value is -2.50. The summed E-state index contributed by atoms with van der Waals surface area (Å²) in [6, 6.07) is 7.35. The first-order valence-electron chi connectivity index (χ1n) is 5.63. The van der Waals surface area contributed by atoms with Crippen LogP contribution in [0.4, 0.5) is 13.2 Å². The van der Waals surface area contributed by atoms with Crippen LogP contribution in [0, 0.1) is 0 Å². The maximum absolute atomic E-state index is 13.1. The number of alkyl halides is 3. The van der Waals surface area contributed by atoms with Crippen LogP contribution in [0.1, 0.15) is 5.56 Å². The largest absolute Gasteiger partial charge is 0.508 e. The van der Waals surface area contributed by atoms with Gasteiger partial charge in [0.1, 0.15) is 11.3 Å². The van der Waals surface area contributed by atoms with Gasteiger partial charge >= 0.3 is 11.8 Å². The molecular weight excluding hydrogens is 273 g/mol. The molecule has 0 amide bonds. The molecule has 0 atom stereocenters. The third-order valence-corrected chi connectivity index (χ3v) is 3.01. The lowest BCUT2D eigenvalue weighted by molar-refractivity contribution is -0.136. The Labute approximate surface area is 109 Å². The number of fused-ring (bicyclic) bond motifs is 3. The summed E-state index contributed by atoms with van der Waals surface area (Å²) in [5, 5.41) is 9.92. The molecule has 3 aromatic rings. The van der Waals surface area contributed by atoms with E-state index >= 15 is 0 Å². The van der Waals surface area contributed by atoms with Gasteiger partial charge in [0.05, 0.1) is 5.56 Å². The number of rotatable bonds is 0. The average Bonchev–Trinajstić information content (AvgIpc) is 2.36. The SMILES string of the molecule is O=c1cc(C(F)(F)F)c2c(ccc3ccc(O)cc32)o1. The molecule has 0 saturated carbocycles. The summed E-state index contributed by atoms with van der Waals surface area (Å²) in [4.78, 5) is 11.2. The van der Waals surface area contributed by atoms with Gasteiger partial charge in [-0.1, -0.05) is 12.1 Å². The minimum Gasteiger partial charge on any atom is -0.508 e. The Morgan fingerprint density at radius 3 is 2.45 bits per heavy atom. The maximum Gasteiger partial charge on any atom is 0.417 e. The van der Waals surface area contributed by atoms with Gasteiger partial charge < -0.3 is 9.52 Å². The smallest absolute Gasteiger partial charge is 0.417 e. The molecule has 1 aromatic heterocycles. The summed E-state index contributed by atoms with van der Waals surface area (Å²) in [6.45, 7) is 0. The van der Waals surface area contributed by atoms with Crippen LogP contribution in [-0.4, -0.2) is 5.11 Å². The Balaban J connectivity index is 2.60. The van der Waals surface area contributed by atoms with Crippen molar-refractivity contribution in [2.45, 2.75) is 6.18 Å². The van der Waals surface area contributed by atoms with E-state index in [0.717, 1.165) is 0 Å². The van der Waals surface area contributed by atoms with Crippen LogP contribution in [0.3, 0.4) is 0 Å². The Morgan fingerprint density at radius 1 is 1.05 bits per heavy atom. The van der Waals surface area contributed by atoms with E-state index in [9.17, 15) is 23.1 Å². The molecule has 0 fully saturated rings. The third-order valence-electron chi connectivity index (χ3n) is 3.01. The molecule has 1 N–H and O–H groups in total. The van der Waals surface area contributed by atoms with Crippen LogP contribution < -0.4 is 5.63 Å². The zero-order valence-electron chi connectivity index (χ0n) is 9.86. The first-order chi connectivity index (χ1) is 9.36. The van der Waals surface area contributed by atoms with Crippen LogP contribution in [0.2, 0.25) is 0 Å². The standard InChI is InChI=1S/C14H7F3O3/c15-14(16,17)10-6-12(19)20-11-4-2-7-1-3-8(18)5-9(7)13(10)11/h1-6,18H. The van der Waals surface area contributed by atoms with Gasteiger partial charge in [0.25, 0.3) is 0 Å². The minimum absolute atomic E-state index is 0.163. The van der Waals surface area contributed by atoms with Crippen LogP contribution in [0.15, 0.2) is 45.6 Å². The monoisotopic (exact) mass is 280 g/mol. The summed E-state index contributed by atoms with van der Waals surface area (Å²) in [6.07, 6.45) is -4.69. The van der Waals surface area contributed by atoms with E-state index in [-0.39, 0.29) is 22.1 Å². The molecule has 102 valence electrons. The molecule has 0 unspecified atom stereocenters. The Morgan fingerprint density at radius 2 is 1.75 bits per heavy atom. The topological polar surface area (TPSA) is 50.4 Å². The van der Waals surface area contributed by atoms with E-state index in [1.807, 2.05) is 0 Å². The molecule has 0 spiro atoms. The fourth-order valence-corrected chi connectivity index (χ4v) is 2.20. The molecule has 0 radical (unpaired) electrons. The normalized spacial score (nSPS) is 12.2. The first kappa shape index (κ1) is 12.5. The summed E-state index contributed by atoms with van der Waals surface area (Å²) in [5.41, 5.74) is -2.30. The number of halogens is 3. The van der Waals surface area contributed by atoms with E-state index in [1.54, 1.807) is 0 Å². The molecule has 0 bridgehead atoms. The molecule has 0 aliphatic heterocycles. The number of phenols is 1. The van der Waals surface area contributed by atoms with Gasteiger partial charge in [0, 0.05) is 11.5 Å². The first-order valence-corrected chi connectivity index (χ1v) is 5.63. The quantitative estimate of drug-likeness (QED) is 0.505. The van der Waals surface area contributed by atoms with Gasteiger partial charge in [-0.2, -0.15) is 13.2 Å². The van der Waals surface area contributed by atoms with E-state index in [4.69, 9.17) is 4.42 Å². The fraction of sp³-hybridized carbons (Fsp3) is 0.0714. The van der Waals surface area contributed by atoms with E-state index in [1.165, 1.54) is 30.3 Å². The molecule has 6 heteroatoms. The number of hydrogen-bond acceptors (Lipinski definition) is 3. The van der Waals surface area contributed by atoms with E-state index in [0.29, 0.717) is 11.5 Å². The van der Waals surface area contributed by atoms with Crippen LogP contribution in [-0.2, 0) is 6.18 Å². The predicted octanol–water partition coefficient (Wildman–Crippen LogP) is 3.67. The van der Waals surface area contributed by atoms with Crippen molar-refractivity contribution in [1.82, 2.24) is 0 Å². The third kappa shape index (κ3) is 1.89. The highest BCUT2D eigenvalue weighted by atomic mass is 19.4. The lowest BCUT2D eigenvalue weighted by Gasteiger charge is -2.11. The van der Waals surface area contributed by atoms with E-state index in [2.05, 4.69) is 0 Å². The summed E-state index contributed by atoms with van der Waals surface area (Å²) in [5.74, 6) is -0.163. The molecule has 3 nitrogen and oxygen atoms in total. The summed E-state index contributed by atoms with van der Waals surface area (Å²) < 4.78 is 44.1. The highest BCUT2D eigenvalue weighted by molar-refractivity contribution is 6.07. The highest BCUT2D eigenvalue weighted by Gasteiger charge is 2.34. The lowest BCUT2D eigenvalue weighted by atomic mass is 10.0. The maximum atomic E-state index is 13.1. The second-order valence-electron chi connectivity index (χ2n) is 4.32. The van der Waals surface area contributed by atoms with Crippen molar-refractivity contribution in [3.8, 4) is 5.75 Å². The van der Waals surface area contributed by atoms with Gasteiger partial charge in [0.15, 0.2) is 0 Å². The van der Waals surface area contributed by atoms with Gasteiger partial charge in [-0.3, -0.25) is 0 Å². The van der Waals surface area contributed by atoms with Gasteiger partial charge in [-0.15, -0.1) is 0 Å². The van der Waals surface area contributed by atoms with Gasteiger partial charge in [0.2, 0.25) is 0 Å². The zero-order chi connectivity index (χ0) is 14.5. The van der Waals surface area contributed by atoms with Crippen molar-refractivity contribution in [2.24, 2.45) is 0 Å². The molecule has 0 aliphatic rings. The lowest BCUT2D eigenvalue weighted by Crippen LogP contribution is -2.11. The Bertz CT molecular complexity index is 878. The van der Waals surface area contributed by atoms with Crippen LogP contribution >= 0.6 is 0 Å².